The summed E-state index contributed by atoms with van der Waals surface area (Å²) in [5, 5.41) is 0.758. The van der Waals surface area contributed by atoms with Gasteiger partial charge >= 0.3 is 0 Å². The number of halogens is 1. The molecule has 0 unspecified atom stereocenters. The van der Waals surface area contributed by atoms with E-state index in [1.807, 2.05) is 24.3 Å². The maximum Gasteiger partial charge on any atom is 0.227 e. The summed E-state index contributed by atoms with van der Waals surface area (Å²) in [7, 11) is 0. The second-order valence-corrected chi connectivity index (χ2v) is 4.10. The van der Waals surface area contributed by atoms with Crippen LogP contribution in [0.1, 0.15) is 18.9 Å². The van der Waals surface area contributed by atoms with Gasteiger partial charge in [-0.2, -0.15) is 0 Å². The zero-order valence-corrected chi connectivity index (χ0v) is 9.96. The van der Waals surface area contributed by atoms with Crippen LogP contribution in [0.2, 0.25) is 5.02 Å². The van der Waals surface area contributed by atoms with Crippen LogP contribution in [-0.2, 0) is 9.47 Å². The molecule has 3 heteroatoms. The summed E-state index contributed by atoms with van der Waals surface area (Å²) in [6, 6.07) is 7.80. The third-order valence-corrected chi connectivity index (χ3v) is 2.74. The summed E-state index contributed by atoms with van der Waals surface area (Å²) < 4.78 is 10.6. The number of ether oxygens (including phenoxy) is 2. The van der Waals surface area contributed by atoms with Crippen molar-refractivity contribution in [2.75, 3.05) is 13.2 Å². The van der Waals surface area contributed by atoms with E-state index in [1.165, 1.54) is 11.1 Å². The summed E-state index contributed by atoms with van der Waals surface area (Å²) in [6.45, 7) is 3.41. The van der Waals surface area contributed by atoms with Crippen molar-refractivity contribution in [1.29, 1.82) is 0 Å². The normalized spacial score (nSPS) is 18.0. The van der Waals surface area contributed by atoms with E-state index in [-0.39, 0.29) is 0 Å². The van der Waals surface area contributed by atoms with E-state index in [2.05, 4.69) is 13.0 Å². The molecule has 85 valence electrons. The highest BCUT2D eigenvalue weighted by Crippen LogP contribution is 2.22. The van der Waals surface area contributed by atoms with Crippen molar-refractivity contribution >= 4 is 17.2 Å². The first-order valence-electron chi connectivity index (χ1n) is 5.30. The molecule has 1 aromatic rings. The fourth-order valence-corrected chi connectivity index (χ4v) is 1.66. The van der Waals surface area contributed by atoms with Gasteiger partial charge in [-0.05, 0) is 30.2 Å². The zero-order valence-electron chi connectivity index (χ0n) is 9.20. The second-order valence-electron chi connectivity index (χ2n) is 3.67. The molecule has 2 nitrogen and oxygen atoms in total. The van der Waals surface area contributed by atoms with E-state index in [4.69, 9.17) is 21.1 Å². The Balaban J connectivity index is 1.97. The molecule has 2 rings (SSSR count). The third kappa shape index (κ3) is 3.08. The lowest BCUT2D eigenvalue weighted by Gasteiger charge is -2.05. The number of rotatable bonds is 3. The number of hydrogen-bond acceptors (Lipinski definition) is 2. The van der Waals surface area contributed by atoms with Gasteiger partial charge in [0.05, 0.1) is 13.2 Å². The van der Waals surface area contributed by atoms with Crippen molar-refractivity contribution in [3.8, 4) is 0 Å². The Labute approximate surface area is 101 Å². The minimum absolute atomic E-state index is 0.670. The van der Waals surface area contributed by atoms with Crippen LogP contribution in [-0.4, -0.2) is 13.2 Å². The Morgan fingerprint density at radius 1 is 1.25 bits per heavy atom. The van der Waals surface area contributed by atoms with Gasteiger partial charge in [0.25, 0.3) is 0 Å². The van der Waals surface area contributed by atoms with Crippen LogP contribution in [0.4, 0.5) is 0 Å². The summed E-state index contributed by atoms with van der Waals surface area (Å²) >= 11 is 5.83. The van der Waals surface area contributed by atoms with E-state index in [0.717, 1.165) is 5.02 Å². The van der Waals surface area contributed by atoms with E-state index < -0.39 is 0 Å². The summed E-state index contributed by atoms with van der Waals surface area (Å²) in [4.78, 5) is 0. The predicted molar refractivity (Wildman–Crippen MR) is 64.9 cm³/mol. The molecule has 0 amide bonds. The molecule has 1 radical (unpaired) electrons. The van der Waals surface area contributed by atoms with Gasteiger partial charge < -0.3 is 9.47 Å². The molecule has 1 aromatic carbocycles. The molecule has 1 fully saturated rings. The Morgan fingerprint density at radius 3 is 2.50 bits per heavy atom. The molecule has 1 heterocycles. The standard InChI is InChI=1S/C13H14ClO2/c1-10(2-7-13-15-8-9-16-13)11-3-5-12(14)6-4-11/h2-6H,7-9H2,1H3. The van der Waals surface area contributed by atoms with Gasteiger partial charge in [0.2, 0.25) is 6.29 Å². The average molecular weight is 238 g/mol. The van der Waals surface area contributed by atoms with Crippen molar-refractivity contribution in [3.05, 3.63) is 47.2 Å². The molecule has 16 heavy (non-hydrogen) atoms. The molecule has 0 atom stereocenters. The van der Waals surface area contributed by atoms with Crippen LogP contribution in [0, 0.1) is 6.29 Å². The maximum atomic E-state index is 5.83. The number of hydrogen-bond donors (Lipinski definition) is 0. The molecule has 1 aliphatic heterocycles. The van der Waals surface area contributed by atoms with Crippen LogP contribution in [0.3, 0.4) is 0 Å². The first kappa shape index (κ1) is 11.6. The Bertz CT molecular complexity index is 364. The first-order valence-corrected chi connectivity index (χ1v) is 5.67. The molecule has 1 aliphatic rings. The van der Waals surface area contributed by atoms with Gasteiger partial charge in [-0.15, -0.1) is 0 Å². The highest BCUT2D eigenvalue weighted by molar-refractivity contribution is 6.30. The molecule has 0 saturated carbocycles. The van der Waals surface area contributed by atoms with E-state index in [0.29, 0.717) is 25.9 Å². The molecule has 0 aromatic heterocycles. The van der Waals surface area contributed by atoms with Crippen LogP contribution in [0.25, 0.3) is 5.57 Å². The molecule has 1 saturated heterocycles. The van der Waals surface area contributed by atoms with Crippen molar-refractivity contribution in [3.63, 3.8) is 0 Å². The molecule has 0 bridgehead atoms. The highest BCUT2D eigenvalue weighted by atomic mass is 35.5. The lowest BCUT2D eigenvalue weighted by atomic mass is 10.1. The van der Waals surface area contributed by atoms with Crippen LogP contribution in [0.5, 0.6) is 0 Å². The monoisotopic (exact) mass is 237 g/mol. The van der Waals surface area contributed by atoms with Gasteiger partial charge in [0, 0.05) is 11.4 Å². The van der Waals surface area contributed by atoms with Gasteiger partial charge in [-0.3, -0.25) is 0 Å². The minimum Gasteiger partial charge on any atom is -0.343 e. The largest absolute Gasteiger partial charge is 0.343 e. The minimum atomic E-state index is 0.670. The fourth-order valence-electron chi connectivity index (χ4n) is 1.54. The van der Waals surface area contributed by atoms with Crippen molar-refractivity contribution in [1.82, 2.24) is 0 Å². The first-order chi connectivity index (χ1) is 7.75. The number of benzene rings is 1. The van der Waals surface area contributed by atoms with Crippen molar-refractivity contribution in [2.24, 2.45) is 0 Å². The van der Waals surface area contributed by atoms with Gasteiger partial charge in [0.1, 0.15) is 0 Å². The summed E-state index contributed by atoms with van der Waals surface area (Å²) in [6.07, 6.45) is 3.53. The third-order valence-electron chi connectivity index (χ3n) is 2.48. The Hall–Kier alpha value is -0.830. The average Bonchev–Trinajstić information content (AvgIpc) is 2.80. The highest BCUT2D eigenvalue weighted by Gasteiger charge is 2.16. The summed E-state index contributed by atoms with van der Waals surface area (Å²) in [5.41, 5.74) is 2.37. The second kappa shape index (κ2) is 5.48. The van der Waals surface area contributed by atoms with E-state index in [1.54, 1.807) is 0 Å². The lowest BCUT2D eigenvalue weighted by Crippen LogP contribution is -1.94. The van der Waals surface area contributed by atoms with Crippen molar-refractivity contribution < 1.29 is 9.47 Å². The SMILES string of the molecule is CC(=CC[C]1OCCO1)c1ccc(Cl)cc1. The fraction of sp³-hybridized carbons (Fsp3) is 0.308. The maximum absolute atomic E-state index is 5.83. The lowest BCUT2D eigenvalue weighted by molar-refractivity contribution is 0.0735. The molecule has 0 aliphatic carbocycles. The predicted octanol–water partition coefficient (Wildman–Crippen LogP) is 3.67. The zero-order chi connectivity index (χ0) is 11.4. The van der Waals surface area contributed by atoms with Gasteiger partial charge in [-0.1, -0.05) is 29.8 Å². The van der Waals surface area contributed by atoms with Crippen LogP contribution in [0.15, 0.2) is 30.3 Å². The molecule has 0 spiro atoms. The summed E-state index contributed by atoms with van der Waals surface area (Å²) in [5.74, 6) is 0. The quantitative estimate of drug-likeness (QED) is 0.799. The Kier molecular flexibility index (Phi) is 3.99. The molecule has 0 N–H and O–H groups in total. The van der Waals surface area contributed by atoms with Crippen molar-refractivity contribution in [2.45, 2.75) is 13.3 Å². The smallest absolute Gasteiger partial charge is 0.227 e. The van der Waals surface area contributed by atoms with Crippen LogP contribution >= 0.6 is 11.6 Å². The van der Waals surface area contributed by atoms with Crippen LogP contribution < -0.4 is 0 Å². The molecular weight excluding hydrogens is 224 g/mol. The van der Waals surface area contributed by atoms with E-state index >= 15 is 0 Å². The van der Waals surface area contributed by atoms with E-state index in [9.17, 15) is 0 Å². The topological polar surface area (TPSA) is 18.5 Å². The van der Waals surface area contributed by atoms with Gasteiger partial charge in [-0.25, -0.2) is 0 Å². The Morgan fingerprint density at radius 2 is 1.88 bits per heavy atom. The number of allylic oxidation sites excluding steroid dienone is 1. The molecular formula is C13H14ClO2. The van der Waals surface area contributed by atoms with Gasteiger partial charge in [0.15, 0.2) is 0 Å².